The number of carboxylic acids is 1. The molecule has 1 amide bonds. The summed E-state index contributed by atoms with van der Waals surface area (Å²) in [5.41, 5.74) is -1.24. The second kappa shape index (κ2) is 5.16. The summed E-state index contributed by atoms with van der Waals surface area (Å²) >= 11 is 0. The van der Waals surface area contributed by atoms with Crippen molar-refractivity contribution >= 4 is 12.1 Å². The van der Waals surface area contributed by atoms with Crippen LogP contribution in [0.15, 0.2) is 0 Å². The van der Waals surface area contributed by atoms with Crippen molar-refractivity contribution in [2.45, 2.75) is 52.6 Å². The van der Waals surface area contributed by atoms with Gasteiger partial charge in [-0.15, -0.1) is 0 Å². The van der Waals surface area contributed by atoms with E-state index in [0.29, 0.717) is 32.4 Å². The molecule has 0 aromatic rings. The number of rotatable bonds is 1. The molecule has 0 aromatic carbocycles. The Morgan fingerprint density at radius 1 is 1.22 bits per heavy atom. The van der Waals surface area contributed by atoms with Gasteiger partial charge in [0.2, 0.25) is 0 Å². The predicted molar refractivity (Wildman–Crippen MR) is 67.4 cm³/mol. The number of carboxylic acid groups (broad SMARTS) is 1. The van der Waals surface area contributed by atoms with Gasteiger partial charge < -0.3 is 14.7 Å². The van der Waals surface area contributed by atoms with Crippen LogP contribution in [0.5, 0.6) is 0 Å². The molecule has 0 aromatic heterocycles. The van der Waals surface area contributed by atoms with Crippen molar-refractivity contribution in [3.63, 3.8) is 0 Å². The Morgan fingerprint density at radius 2 is 1.83 bits per heavy atom. The van der Waals surface area contributed by atoms with Gasteiger partial charge in [0.25, 0.3) is 0 Å². The van der Waals surface area contributed by atoms with Crippen molar-refractivity contribution < 1.29 is 19.4 Å². The summed E-state index contributed by atoms with van der Waals surface area (Å²) in [6.07, 6.45) is 1.42. The first-order chi connectivity index (χ1) is 8.14. The van der Waals surface area contributed by atoms with E-state index in [4.69, 9.17) is 4.74 Å². The maximum absolute atomic E-state index is 11.9. The molecule has 0 radical (unpaired) electrons. The molecule has 0 bridgehead atoms. The Morgan fingerprint density at radius 3 is 2.33 bits per heavy atom. The zero-order valence-electron chi connectivity index (χ0n) is 11.7. The molecule has 1 fully saturated rings. The molecule has 1 saturated heterocycles. The fourth-order valence-electron chi connectivity index (χ4n) is 2.00. The van der Waals surface area contributed by atoms with Crippen LogP contribution in [0, 0.1) is 5.41 Å². The number of amides is 1. The fourth-order valence-corrected chi connectivity index (χ4v) is 2.00. The van der Waals surface area contributed by atoms with Crippen LogP contribution < -0.4 is 0 Å². The van der Waals surface area contributed by atoms with Crippen LogP contribution in [0.3, 0.4) is 0 Å². The highest BCUT2D eigenvalue weighted by Crippen LogP contribution is 2.31. The summed E-state index contributed by atoms with van der Waals surface area (Å²) in [5, 5.41) is 9.20. The Balaban J connectivity index is 2.62. The zero-order valence-corrected chi connectivity index (χ0v) is 11.7. The van der Waals surface area contributed by atoms with Crippen LogP contribution in [0.4, 0.5) is 4.79 Å². The van der Waals surface area contributed by atoms with Crippen LogP contribution in [0.2, 0.25) is 0 Å². The molecular formula is C13H23NO4. The van der Waals surface area contributed by atoms with Gasteiger partial charge in [0.1, 0.15) is 5.60 Å². The molecule has 1 rings (SSSR count). The van der Waals surface area contributed by atoms with Crippen molar-refractivity contribution in [3.8, 4) is 0 Å². The van der Waals surface area contributed by atoms with E-state index in [1.165, 1.54) is 0 Å². The van der Waals surface area contributed by atoms with Crippen LogP contribution in [0.25, 0.3) is 0 Å². The predicted octanol–water partition coefficient (Wildman–Crippen LogP) is 2.50. The number of hydrogen-bond donors (Lipinski definition) is 1. The lowest BCUT2D eigenvalue weighted by molar-refractivity contribution is -0.148. The number of carbonyl (C=O) groups excluding carboxylic acids is 1. The molecule has 1 aliphatic rings. The Bertz CT molecular complexity index is 334. The van der Waals surface area contributed by atoms with Gasteiger partial charge in [-0.1, -0.05) is 0 Å². The minimum absolute atomic E-state index is 0.350. The number of hydrogen-bond acceptors (Lipinski definition) is 3. The highest BCUT2D eigenvalue weighted by molar-refractivity contribution is 5.74. The fraction of sp³-hybridized carbons (Fsp3) is 0.846. The summed E-state index contributed by atoms with van der Waals surface area (Å²) in [7, 11) is 0. The summed E-state index contributed by atoms with van der Waals surface area (Å²) in [6, 6.07) is 0. The highest BCUT2D eigenvalue weighted by atomic mass is 16.6. The Hall–Kier alpha value is -1.26. The molecule has 0 unspecified atom stereocenters. The third kappa shape index (κ3) is 3.89. The number of ether oxygens (including phenoxy) is 1. The monoisotopic (exact) mass is 257 g/mol. The lowest BCUT2D eigenvalue weighted by Gasteiger charge is -2.27. The van der Waals surface area contributed by atoms with Gasteiger partial charge in [0.05, 0.1) is 5.41 Å². The maximum atomic E-state index is 11.9. The molecule has 104 valence electrons. The Kier molecular flexibility index (Phi) is 4.24. The molecule has 1 N–H and O–H groups in total. The first-order valence-electron chi connectivity index (χ1n) is 6.35. The Labute approximate surface area is 108 Å². The molecule has 0 aliphatic carbocycles. The van der Waals surface area contributed by atoms with Crippen LogP contribution in [0.1, 0.15) is 47.0 Å². The number of carbonyl (C=O) groups is 2. The van der Waals surface area contributed by atoms with E-state index in [2.05, 4.69) is 0 Å². The topological polar surface area (TPSA) is 66.8 Å². The zero-order chi connectivity index (χ0) is 14.0. The van der Waals surface area contributed by atoms with Crippen LogP contribution in [-0.2, 0) is 9.53 Å². The molecule has 5 nitrogen and oxygen atoms in total. The second-order valence-electron chi connectivity index (χ2n) is 6.19. The van der Waals surface area contributed by atoms with Crippen molar-refractivity contribution in [3.05, 3.63) is 0 Å². The summed E-state index contributed by atoms with van der Waals surface area (Å²) < 4.78 is 5.30. The van der Waals surface area contributed by atoms with Crippen LogP contribution in [-0.4, -0.2) is 40.8 Å². The SMILES string of the molecule is CC(C)(C)OC(=O)N1CCC[C@@](C)(C(=O)O)CC1. The number of aliphatic carboxylic acids is 1. The van der Waals surface area contributed by atoms with E-state index in [1.807, 2.05) is 20.8 Å². The maximum Gasteiger partial charge on any atom is 0.410 e. The van der Waals surface area contributed by atoms with E-state index in [1.54, 1.807) is 11.8 Å². The van der Waals surface area contributed by atoms with E-state index >= 15 is 0 Å². The minimum atomic E-state index is -0.784. The smallest absolute Gasteiger partial charge is 0.410 e. The molecule has 1 atom stereocenters. The average molecular weight is 257 g/mol. The summed E-state index contributed by atoms with van der Waals surface area (Å²) in [4.78, 5) is 24.7. The lowest BCUT2D eigenvalue weighted by atomic mass is 9.83. The molecular weight excluding hydrogens is 234 g/mol. The van der Waals surface area contributed by atoms with Gasteiger partial charge in [0.15, 0.2) is 0 Å². The average Bonchev–Trinajstić information content (AvgIpc) is 2.38. The van der Waals surface area contributed by atoms with E-state index in [-0.39, 0.29) is 6.09 Å². The van der Waals surface area contributed by atoms with Gasteiger partial charge in [-0.05, 0) is 47.0 Å². The van der Waals surface area contributed by atoms with Gasteiger partial charge in [-0.2, -0.15) is 0 Å². The van der Waals surface area contributed by atoms with Gasteiger partial charge in [-0.3, -0.25) is 4.79 Å². The van der Waals surface area contributed by atoms with E-state index < -0.39 is 17.0 Å². The van der Waals surface area contributed by atoms with Crippen molar-refractivity contribution in [2.24, 2.45) is 5.41 Å². The minimum Gasteiger partial charge on any atom is -0.481 e. The first kappa shape index (κ1) is 14.8. The van der Waals surface area contributed by atoms with Crippen molar-refractivity contribution in [1.29, 1.82) is 0 Å². The highest BCUT2D eigenvalue weighted by Gasteiger charge is 2.36. The molecule has 0 spiro atoms. The van der Waals surface area contributed by atoms with Crippen molar-refractivity contribution in [1.82, 2.24) is 4.90 Å². The first-order valence-corrected chi connectivity index (χ1v) is 6.35. The number of nitrogens with zero attached hydrogens (tertiary/aromatic N) is 1. The molecule has 1 aliphatic heterocycles. The van der Waals surface area contributed by atoms with E-state index in [0.717, 1.165) is 0 Å². The molecule has 18 heavy (non-hydrogen) atoms. The lowest BCUT2D eigenvalue weighted by Crippen LogP contribution is -2.38. The quantitative estimate of drug-likeness (QED) is 0.783. The number of likely N-dealkylation sites (tertiary alicyclic amines) is 1. The van der Waals surface area contributed by atoms with E-state index in [9.17, 15) is 14.7 Å². The molecule has 1 heterocycles. The summed E-state index contributed by atoms with van der Waals surface area (Å²) in [5.74, 6) is -0.784. The van der Waals surface area contributed by atoms with Crippen molar-refractivity contribution in [2.75, 3.05) is 13.1 Å². The standard InChI is InChI=1S/C13H23NO4/c1-12(2,3)18-11(17)14-8-5-6-13(4,7-9-14)10(15)16/h5-9H2,1-4H3,(H,15,16)/t13-/m1/s1. The van der Waals surface area contributed by atoms with Crippen LogP contribution >= 0.6 is 0 Å². The normalized spacial score (nSPS) is 25.4. The largest absolute Gasteiger partial charge is 0.481 e. The van der Waals surface area contributed by atoms with Gasteiger partial charge in [0, 0.05) is 13.1 Å². The van der Waals surface area contributed by atoms with Gasteiger partial charge in [-0.25, -0.2) is 4.79 Å². The summed E-state index contributed by atoms with van der Waals surface area (Å²) in [6.45, 7) is 8.22. The van der Waals surface area contributed by atoms with Gasteiger partial charge >= 0.3 is 12.1 Å². The third-order valence-electron chi connectivity index (χ3n) is 3.26. The molecule has 0 saturated carbocycles. The third-order valence-corrected chi connectivity index (χ3v) is 3.26. The molecule has 5 heteroatoms. The second-order valence-corrected chi connectivity index (χ2v) is 6.19.